The molecule has 0 fully saturated rings. The van der Waals surface area contributed by atoms with Crippen molar-refractivity contribution in [1.29, 1.82) is 0 Å². The first kappa shape index (κ1) is 17.8. The number of nitro benzene ring substituents is 1. The molecule has 0 spiro atoms. The minimum Gasteiger partial charge on any atom is -0.328 e. The minimum absolute atomic E-state index is 0.00907. The van der Waals surface area contributed by atoms with Crippen LogP contribution < -0.4 is 0 Å². The molecule has 0 N–H and O–H groups in total. The number of hydrogen-bond donors (Lipinski definition) is 0. The molecule has 0 aliphatic carbocycles. The van der Waals surface area contributed by atoms with Crippen molar-refractivity contribution in [3.05, 3.63) is 81.9 Å². The number of benzene rings is 2. The van der Waals surface area contributed by atoms with Gasteiger partial charge in [-0.1, -0.05) is 0 Å². The zero-order valence-corrected chi connectivity index (χ0v) is 14.8. The molecule has 0 aliphatic rings. The molecule has 0 aliphatic heterocycles. The van der Waals surface area contributed by atoms with Crippen LogP contribution in [0.2, 0.25) is 0 Å². The van der Waals surface area contributed by atoms with E-state index in [4.69, 9.17) is 0 Å². The molecule has 0 amide bonds. The standard InChI is InChI=1S/C19H15F2N5O2/c1-2-24-17-6-4-14(26(27)28)10-16(17)23-19(24)11-13-7-8-22-25(13)18-9-12(20)3-5-15(18)21/h3-10H,2,11H2,1H3. The zero-order chi connectivity index (χ0) is 19.8. The van der Waals surface area contributed by atoms with Gasteiger partial charge in [0.2, 0.25) is 0 Å². The number of nitrogens with zero attached hydrogens (tertiary/aromatic N) is 5. The van der Waals surface area contributed by atoms with Crippen molar-refractivity contribution >= 4 is 16.7 Å². The predicted molar refractivity (Wildman–Crippen MR) is 98.3 cm³/mol. The molecule has 0 unspecified atom stereocenters. The monoisotopic (exact) mass is 383 g/mol. The van der Waals surface area contributed by atoms with E-state index in [9.17, 15) is 18.9 Å². The van der Waals surface area contributed by atoms with E-state index in [1.54, 1.807) is 12.1 Å². The summed E-state index contributed by atoms with van der Waals surface area (Å²) in [6.45, 7) is 2.54. The molecule has 7 nitrogen and oxygen atoms in total. The van der Waals surface area contributed by atoms with Crippen LogP contribution in [0.25, 0.3) is 16.7 Å². The summed E-state index contributed by atoms with van der Waals surface area (Å²) in [7, 11) is 0. The number of nitro groups is 1. The summed E-state index contributed by atoms with van der Waals surface area (Å²) in [6.07, 6.45) is 1.80. The van der Waals surface area contributed by atoms with Crippen molar-refractivity contribution in [2.45, 2.75) is 19.9 Å². The van der Waals surface area contributed by atoms with Crippen molar-refractivity contribution in [2.75, 3.05) is 0 Å². The molecule has 2 heterocycles. The molecular formula is C19H15F2N5O2. The lowest BCUT2D eigenvalue weighted by atomic mass is 10.2. The van der Waals surface area contributed by atoms with E-state index in [0.29, 0.717) is 30.0 Å². The third kappa shape index (κ3) is 3.00. The summed E-state index contributed by atoms with van der Waals surface area (Å²) in [4.78, 5) is 15.1. The molecular weight excluding hydrogens is 368 g/mol. The van der Waals surface area contributed by atoms with Crippen LogP contribution in [0, 0.1) is 21.7 Å². The minimum atomic E-state index is -0.592. The Balaban J connectivity index is 1.78. The van der Waals surface area contributed by atoms with Crippen molar-refractivity contribution in [2.24, 2.45) is 0 Å². The Labute approximate surface area is 158 Å². The number of aryl methyl sites for hydroxylation is 1. The lowest BCUT2D eigenvalue weighted by molar-refractivity contribution is -0.384. The van der Waals surface area contributed by atoms with Crippen LogP contribution in [0.5, 0.6) is 0 Å². The van der Waals surface area contributed by atoms with Crippen LogP contribution in [0.1, 0.15) is 18.4 Å². The summed E-state index contributed by atoms with van der Waals surface area (Å²) in [5.74, 6) is -0.506. The molecule has 0 radical (unpaired) electrons. The van der Waals surface area contributed by atoms with Crippen molar-refractivity contribution < 1.29 is 13.7 Å². The molecule has 2 aromatic heterocycles. The van der Waals surface area contributed by atoms with E-state index in [0.717, 1.165) is 23.7 Å². The van der Waals surface area contributed by atoms with Gasteiger partial charge in [0.15, 0.2) is 0 Å². The van der Waals surface area contributed by atoms with Crippen molar-refractivity contribution in [1.82, 2.24) is 19.3 Å². The predicted octanol–water partition coefficient (Wildman–Crippen LogP) is 4.02. The van der Waals surface area contributed by atoms with Crippen LogP contribution in [0.3, 0.4) is 0 Å². The Morgan fingerprint density at radius 1 is 1.14 bits per heavy atom. The second-order valence-electron chi connectivity index (χ2n) is 6.21. The summed E-state index contributed by atoms with van der Waals surface area (Å²) in [6, 6.07) is 9.41. The van der Waals surface area contributed by atoms with Crippen molar-refractivity contribution in [3.8, 4) is 5.69 Å². The van der Waals surface area contributed by atoms with Gasteiger partial charge in [-0.15, -0.1) is 0 Å². The van der Waals surface area contributed by atoms with Crippen LogP contribution in [-0.4, -0.2) is 24.3 Å². The number of rotatable bonds is 5. The second-order valence-corrected chi connectivity index (χ2v) is 6.21. The number of non-ortho nitro benzene ring substituents is 1. The van der Waals surface area contributed by atoms with Gasteiger partial charge in [0, 0.05) is 37.4 Å². The number of halogens is 2. The first-order valence-electron chi connectivity index (χ1n) is 8.60. The van der Waals surface area contributed by atoms with Gasteiger partial charge >= 0.3 is 0 Å². The Hall–Kier alpha value is -3.62. The van der Waals surface area contributed by atoms with Gasteiger partial charge in [0.1, 0.15) is 23.1 Å². The molecule has 4 rings (SSSR count). The van der Waals surface area contributed by atoms with Gasteiger partial charge in [-0.05, 0) is 31.2 Å². The molecule has 0 saturated heterocycles. The smallest absolute Gasteiger partial charge is 0.271 e. The summed E-state index contributed by atoms with van der Waals surface area (Å²) in [5, 5.41) is 15.1. The van der Waals surface area contributed by atoms with Crippen LogP contribution >= 0.6 is 0 Å². The van der Waals surface area contributed by atoms with E-state index in [-0.39, 0.29) is 11.4 Å². The topological polar surface area (TPSA) is 78.8 Å². The third-order valence-corrected chi connectivity index (χ3v) is 4.53. The Bertz CT molecular complexity index is 1200. The average Bonchev–Trinajstić information content (AvgIpc) is 3.27. The quantitative estimate of drug-likeness (QED) is 0.385. The number of aromatic nitrogens is 4. The fourth-order valence-corrected chi connectivity index (χ4v) is 3.26. The number of hydrogen-bond acceptors (Lipinski definition) is 4. The number of fused-ring (bicyclic) bond motifs is 1. The van der Waals surface area contributed by atoms with Gasteiger partial charge in [0.05, 0.1) is 21.7 Å². The summed E-state index contributed by atoms with van der Waals surface area (Å²) < 4.78 is 31.0. The number of imidazole rings is 1. The van der Waals surface area contributed by atoms with E-state index in [1.165, 1.54) is 23.0 Å². The second kappa shape index (κ2) is 6.84. The molecule has 28 heavy (non-hydrogen) atoms. The normalized spacial score (nSPS) is 11.2. The van der Waals surface area contributed by atoms with Gasteiger partial charge < -0.3 is 4.57 Å². The van der Waals surface area contributed by atoms with Gasteiger partial charge in [-0.3, -0.25) is 10.1 Å². The zero-order valence-electron chi connectivity index (χ0n) is 14.8. The molecule has 0 bridgehead atoms. The highest BCUT2D eigenvalue weighted by molar-refractivity contribution is 5.78. The van der Waals surface area contributed by atoms with E-state index in [1.807, 2.05) is 11.5 Å². The molecule has 142 valence electrons. The first-order valence-corrected chi connectivity index (χ1v) is 8.60. The first-order chi connectivity index (χ1) is 13.5. The molecule has 2 aromatic carbocycles. The van der Waals surface area contributed by atoms with E-state index in [2.05, 4.69) is 10.1 Å². The van der Waals surface area contributed by atoms with Gasteiger partial charge in [0.25, 0.3) is 5.69 Å². The van der Waals surface area contributed by atoms with Crippen LogP contribution in [0.15, 0.2) is 48.7 Å². The Morgan fingerprint density at radius 3 is 2.71 bits per heavy atom. The van der Waals surface area contributed by atoms with Crippen LogP contribution in [0.4, 0.5) is 14.5 Å². The summed E-state index contributed by atoms with van der Waals surface area (Å²) in [5.41, 5.74) is 1.87. The Morgan fingerprint density at radius 2 is 1.96 bits per heavy atom. The lowest BCUT2D eigenvalue weighted by Gasteiger charge is -2.10. The maximum atomic E-state index is 14.2. The van der Waals surface area contributed by atoms with Crippen LogP contribution in [-0.2, 0) is 13.0 Å². The average molecular weight is 383 g/mol. The van der Waals surface area contributed by atoms with Crippen molar-refractivity contribution in [3.63, 3.8) is 0 Å². The fourth-order valence-electron chi connectivity index (χ4n) is 3.26. The highest BCUT2D eigenvalue weighted by atomic mass is 19.1. The molecule has 9 heteroatoms. The Kier molecular flexibility index (Phi) is 4.34. The molecule has 0 atom stereocenters. The molecule has 4 aromatic rings. The molecule has 0 saturated carbocycles. The highest BCUT2D eigenvalue weighted by Gasteiger charge is 2.17. The SMILES string of the molecule is CCn1c(Cc2ccnn2-c2cc(F)ccc2F)nc2cc([N+](=O)[O-])ccc21. The summed E-state index contributed by atoms with van der Waals surface area (Å²) >= 11 is 0. The maximum absolute atomic E-state index is 14.2. The van der Waals surface area contributed by atoms with E-state index < -0.39 is 16.6 Å². The lowest BCUT2D eigenvalue weighted by Crippen LogP contribution is -2.09. The fraction of sp³-hybridized carbons (Fsp3) is 0.158. The maximum Gasteiger partial charge on any atom is 0.271 e. The largest absolute Gasteiger partial charge is 0.328 e. The van der Waals surface area contributed by atoms with Gasteiger partial charge in [-0.25, -0.2) is 18.4 Å². The van der Waals surface area contributed by atoms with Gasteiger partial charge in [-0.2, -0.15) is 5.10 Å². The third-order valence-electron chi connectivity index (χ3n) is 4.53. The van der Waals surface area contributed by atoms with E-state index >= 15 is 0 Å². The highest BCUT2D eigenvalue weighted by Crippen LogP contribution is 2.24.